The monoisotopic (exact) mass is 279 g/mol. The van der Waals surface area contributed by atoms with Gasteiger partial charge in [-0.05, 0) is 30.8 Å². The van der Waals surface area contributed by atoms with Gasteiger partial charge in [0.05, 0.1) is 12.0 Å². The Kier molecular flexibility index (Phi) is 3.98. The first-order valence-corrected chi connectivity index (χ1v) is 6.91. The van der Waals surface area contributed by atoms with E-state index in [0.29, 0.717) is 6.54 Å². The molecule has 0 saturated heterocycles. The van der Waals surface area contributed by atoms with Crippen molar-refractivity contribution in [2.45, 2.75) is 6.42 Å². The van der Waals surface area contributed by atoms with Crippen molar-refractivity contribution in [1.82, 2.24) is 9.55 Å². The van der Waals surface area contributed by atoms with Crippen LogP contribution >= 0.6 is 0 Å². The molecule has 21 heavy (non-hydrogen) atoms. The smallest absolute Gasteiger partial charge is 0.129 e. The zero-order valence-electron chi connectivity index (χ0n) is 11.6. The second-order valence-electron chi connectivity index (χ2n) is 4.71. The number of hydrogen-bond donors (Lipinski definition) is 1. The van der Waals surface area contributed by atoms with E-state index in [-0.39, 0.29) is 0 Å². The van der Waals surface area contributed by atoms with Gasteiger partial charge < -0.3 is 15.0 Å². The first kappa shape index (κ1) is 13.4. The highest BCUT2D eigenvalue weighted by Crippen LogP contribution is 2.24. The molecule has 0 aliphatic rings. The number of benzene rings is 2. The molecule has 0 fully saturated rings. The molecule has 3 rings (SSSR count). The molecule has 0 unspecified atom stereocenters. The highest BCUT2D eigenvalue weighted by molar-refractivity contribution is 5.42. The minimum atomic E-state index is 0.603. The Labute approximate surface area is 123 Å². The third kappa shape index (κ3) is 3.12. The van der Waals surface area contributed by atoms with Crippen molar-refractivity contribution in [3.63, 3.8) is 0 Å². The topological polar surface area (TPSA) is 53.1 Å². The average molecular weight is 279 g/mol. The summed E-state index contributed by atoms with van der Waals surface area (Å²) in [6.07, 6.45) is 4.44. The molecule has 0 amide bonds. The fraction of sp³-hybridized carbons (Fsp3) is 0.118. The molecule has 4 heteroatoms. The van der Waals surface area contributed by atoms with Crippen LogP contribution in [0.2, 0.25) is 0 Å². The molecule has 0 atom stereocenters. The lowest BCUT2D eigenvalue weighted by atomic mass is 10.2. The summed E-state index contributed by atoms with van der Waals surface area (Å²) in [5, 5.41) is 0. The van der Waals surface area contributed by atoms with Gasteiger partial charge in [-0.2, -0.15) is 0 Å². The molecule has 0 aliphatic heterocycles. The summed E-state index contributed by atoms with van der Waals surface area (Å²) in [5.41, 5.74) is 7.74. The summed E-state index contributed by atoms with van der Waals surface area (Å²) < 4.78 is 7.89. The van der Waals surface area contributed by atoms with Gasteiger partial charge in [-0.1, -0.05) is 24.3 Å². The third-order valence-electron chi connectivity index (χ3n) is 3.19. The van der Waals surface area contributed by atoms with Crippen LogP contribution in [-0.4, -0.2) is 16.1 Å². The van der Waals surface area contributed by atoms with E-state index in [9.17, 15) is 0 Å². The summed E-state index contributed by atoms with van der Waals surface area (Å²) in [5.74, 6) is 1.62. The molecule has 106 valence electrons. The molecule has 0 bridgehead atoms. The first-order chi connectivity index (χ1) is 10.4. The number of ether oxygens (including phenoxy) is 1. The molecule has 1 heterocycles. The first-order valence-electron chi connectivity index (χ1n) is 6.91. The molecule has 0 aliphatic carbocycles. The fourth-order valence-electron chi connectivity index (χ4n) is 2.21. The van der Waals surface area contributed by atoms with Gasteiger partial charge in [-0.15, -0.1) is 0 Å². The van der Waals surface area contributed by atoms with E-state index in [4.69, 9.17) is 10.5 Å². The van der Waals surface area contributed by atoms with Crippen LogP contribution in [0.4, 0.5) is 0 Å². The van der Waals surface area contributed by atoms with Crippen molar-refractivity contribution in [2.24, 2.45) is 5.73 Å². The molecule has 3 aromatic rings. The Bertz CT molecular complexity index is 707. The van der Waals surface area contributed by atoms with E-state index in [1.54, 1.807) is 6.33 Å². The Morgan fingerprint density at radius 2 is 1.81 bits per heavy atom. The van der Waals surface area contributed by atoms with Crippen molar-refractivity contribution < 1.29 is 4.74 Å². The molecule has 2 N–H and O–H groups in total. The molecular weight excluding hydrogens is 262 g/mol. The minimum Gasteiger partial charge on any atom is -0.457 e. The van der Waals surface area contributed by atoms with Gasteiger partial charge in [0, 0.05) is 24.4 Å². The zero-order chi connectivity index (χ0) is 14.5. The summed E-state index contributed by atoms with van der Waals surface area (Å²) in [6.45, 7) is 0.603. The number of para-hydroxylation sites is 1. The van der Waals surface area contributed by atoms with Gasteiger partial charge in [0.25, 0.3) is 0 Å². The number of nitrogens with zero attached hydrogens (tertiary/aromatic N) is 2. The van der Waals surface area contributed by atoms with Crippen LogP contribution in [0.1, 0.15) is 5.69 Å². The van der Waals surface area contributed by atoms with Crippen LogP contribution in [0.3, 0.4) is 0 Å². The molecule has 4 nitrogen and oxygen atoms in total. The van der Waals surface area contributed by atoms with Crippen molar-refractivity contribution in [3.05, 3.63) is 72.8 Å². The van der Waals surface area contributed by atoms with E-state index >= 15 is 0 Å². The van der Waals surface area contributed by atoms with E-state index in [1.165, 1.54) is 0 Å². The van der Waals surface area contributed by atoms with Crippen molar-refractivity contribution >= 4 is 0 Å². The van der Waals surface area contributed by atoms with Crippen LogP contribution < -0.4 is 10.5 Å². The highest BCUT2D eigenvalue weighted by Gasteiger charge is 2.05. The normalized spacial score (nSPS) is 10.5. The highest BCUT2D eigenvalue weighted by atomic mass is 16.5. The molecule has 0 radical (unpaired) electrons. The molecule has 1 aromatic heterocycles. The SMILES string of the molecule is NCCc1cncn1-c1cccc(Oc2ccccc2)c1. The largest absolute Gasteiger partial charge is 0.457 e. The molecule has 2 aromatic carbocycles. The number of nitrogens with two attached hydrogens (primary N) is 1. The zero-order valence-corrected chi connectivity index (χ0v) is 11.6. The lowest BCUT2D eigenvalue weighted by Gasteiger charge is -2.10. The summed E-state index contributed by atoms with van der Waals surface area (Å²) in [6, 6.07) is 17.7. The predicted octanol–water partition coefficient (Wildman–Crippen LogP) is 3.17. The van der Waals surface area contributed by atoms with Crippen LogP contribution in [0.5, 0.6) is 11.5 Å². The maximum Gasteiger partial charge on any atom is 0.129 e. The predicted molar refractivity (Wildman–Crippen MR) is 82.8 cm³/mol. The van der Waals surface area contributed by atoms with Crippen LogP contribution in [-0.2, 0) is 6.42 Å². The molecular formula is C17H17N3O. The average Bonchev–Trinajstić information content (AvgIpc) is 2.97. The van der Waals surface area contributed by atoms with E-state index in [2.05, 4.69) is 4.98 Å². The van der Waals surface area contributed by atoms with Gasteiger partial charge in [0.2, 0.25) is 0 Å². The van der Waals surface area contributed by atoms with Gasteiger partial charge in [-0.25, -0.2) is 4.98 Å². The Morgan fingerprint density at radius 1 is 1.00 bits per heavy atom. The van der Waals surface area contributed by atoms with Crippen molar-refractivity contribution in [1.29, 1.82) is 0 Å². The summed E-state index contributed by atoms with van der Waals surface area (Å²) >= 11 is 0. The molecule has 0 spiro atoms. The Balaban J connectivity index is 1.88. The standard InChI is InChI=1S/C17H17N3O/c18-10-9-15-12-19-13-20(15)14-5-4-8-17(11-14)21-16-6-2-1-3-7-16/h1-8,11-13H,9-10,18H2. The van der Waals surface area contributed by atoms with Crippen molar-refractivity contribution in [2.75, 3.05) is 6.54 Å². The van der Waals surface area contributed by atoms with Gasteiger partial charge in [-0.3, -0.25) is 0 Å². The fourth-order valence-corrected chi connectivity index (χ4v) is 2.21. The van der Waals surface area contributed by atoms with Gasteiger partial charge in [0.15, 0.2) is 0 Å². The third-order valence-corrected chi connectivity index (χ3v) is 3.19. The second-order valence-corrected chi connectivity index (χ2v) is 4.71. The lowest BCUT2D eigenvalue weighted by Crippen LogP contribution is -2.07. The second kappa shape index (κ2) is 6.24. The summed E-state index contributed by atoms with van der Waals surface area (Å²) in [7, 11) is 0. The van der Waals surface area contributed by atoms with Gasteiger partial charge >= 0.3 is 0 Å². The maximum absolute atomic E-state index is 5.86. The lowest BCUT2D eigenvalue weighted by molar-refractivity contribution is 0.482. The van der Waals surface area contributed by atoms with E-state index < -0.39 is 0 Å². The quantitative estimate of drug-likeness (QED) is 0.780. The van der Waals surface area contributed by atoms with E-state index in [1.807, 2.05) is 65.4 Å². The van der Waals surface area contributed by atoms with Gasteiger partial charge in [0.1, 0.15) is 11.5 Å². The van der Waals surface area contributed by atoms with Crippen LogP contribution in [0, 0.1) is 0 Å². The molecule has 0 saturated carbocycles. The maximum atomic E-state index is 5.86. The van der Waals surface area contributed by atoms with Crippen LogP contribution in [0.25, 0.3) is 5.69 Å². The number of imidazole rings is 1. The van der Waals surface area contributed by atoms with Crippen molar-refractivity contribution in [3.8, 4) is 17.2 Å². The van der Waals surface area contributed by atoms with Crippen LogP contribution in [0.15, 0.2) is 67.1 Å². The minimum absolute atomic E-state index is 0.603. The Hall–Kier alpha value is -2.59. The number of rotatable bonds is 5. The summed E-state index contributed by atoms with van der Waals surface area (Å²) in [4.78, 5) is 4.20. The Morgan fingerprint density at radius 3 is 2.62 bits per heavy atom. The number of aromatic nitrogens is 2. The number of hydrogen-bond acceptors (Lipinski definition) is 3. The van der Waals surface area contributed by atoms with E-state index in [0.717, 1.165) is 29.3 Å².